The van der Waals surface area contributed by atoms with E-state index < -0.39 is 10.0 Å². The first-order chi connectivity index (χ1) is 11.4. The Kier molecular flexibility index (Phi) is 4.37. The lowest BCUT2D eigenvalue weighted by Gasteiger charge is -2.35. The SMILES string of the molecule is Cc1nc(N)nc(N2CCN(S(C)(=O)=O)CC2)c1-c1cccnc1. The highest BCUT2D eigenvalue weighted by Crippen LogP contribution is 2.32. The number of nitrogens with zero attached hydrogens (tertiary/aromatic N) is 5. The molecule has 2 aromatic rings. The number of rotatable bonds is 3. The molecular weight excluding hydrogens is 328 g/mol. The third kappa shape index (κ3) is 3.31. The van der Waals surface area contributed by atoms with Crippen LogP contribution in [0.4, 0.5) is 11.8 Å². The average molecular weight is 348 g/mol. The molecule has 2 N–H and O–H groups in total. The number of piperazine rings is 1. The van der Waals surface area contributed by atoms with Crippen LogP contribution in [0.15, 0.2) is 24.5 Å². The molecule has 1 saturated heterocycles. The fourth-order valence-electron chi connectivity index (χ4n) is 2.89. The molecule has 2 aromatic heterocycles. The number of aromatic nitrogens is 3. The summed E-state index contributed by atoms with van der Waals surface area (Å²) in [7, 11) is -3.17. The number of nitrogens with two attached hydrogens (primary N) is 1. The van der Waals surface area contributed by atoms with Gasteiger partial charge < -0.3 is 10.6 Å². The van der Waals surface area contributed by atoms with Gasteiger partial charge in [-0.05, 0) is 13.0 Å². The highest BCUT2D eigenvalue weighted by atomic mass is 32.2. The lowest BCUT2D eigenvalue weighted by molar-refractivity contribution is 0.387. The average Bonchev–Trinajstić information content (AvgIpc) is 2.54. The van der Waals surface area contributed by atoms with E-state index >= 15 is 0 Å². The monoisotopic (exact) mass is 348 g/mol. The van der Waals surface area contributed by atoms with Crippen LogP contribution in [0.5, 0.6) is 0 Å². The van der Waals surface area contributed by atoms with Gasteiger partial charge >= 0.3 is 0 Å². The number of sulfonamides is 1. The standard InChI is InChI=1S/C15H20N6O2S/c1-11-13(12-4-3-5-17-10-12)14(19-15(16)18-11)20-6-8-21(9-7-20)24(2,22)23/h3-5,10H,6-9H2,1-2H3,(H2,16,18,19). The number of anilines is 2. The van der Waals surface area contributed by atoms with Gasteiger partial charge in [0.15, 0.2) is 0 Å². The van der Waals surface area contributed by atoms with E-state index in [1.165, 1.54) is 10.6 Å². The molecule has 0 amide bonds. The van der Waals surface area contributed by atoms with Crippen molar-refractivity contribution in [2.75, 3.05) is 43.1 Å². The molecule has 128 valence electrons. The Labute approximate surface area is 141 Å². The van der Waals surface area contributed by atoms with Crippen molar-refractivity contribution in [2.24, 2.45) is 0 Å². The number of nitrogen functional groups attached to an aromatic ring is 1. The van der Waals surface area contributed by atoms with Gasteiger partial charge in [0.1, 0.15) is 5.82 Å². The minimum atomic E-state index is -3.17. The highest BCUT2D eigenvalue weighted by molar-refractivity contribution is 7.88. The molecule has 0 bridgehead atoms. The van der Waals surface area contributed by atoms with E-state index in [9.17, 15) is 8.42 Å². The molecule has 3 heterocycles. The zero-order valence-corrected chi connectivity index (χ0v) is 14.5. The van der Waals surface area contributed by atoms with E-state index in [1.807, 2.05) is 19.1 Å². The minimum absolute atomic E-state index is 0.209. The van der Waals surface area contributed by atoms with Crippen molar-refractivity contribution in [1.29, 1.82) is 0 Å². The van der Waals surface area contributed by atoms with E-state index in [4.69, 9.17) is 5.73 Å². The number of hydrogen-bond acceptors (Lipinski definition) is 7. The topological polar surface area (TPSA) is 105 Å². The lowest BCUT2D eigenvalue weighted by atomic mass is 10.1. The summed E-state index contributed by atoms with van der Waals surface area (Å²) in [6.07, 6.45) is 4.70. The Balaban J connectivity index is 1.97. The fraction of sp³-hybridized carbons (Fsp3) is 0.400. The molecule has 9 heteroatoms. The lowest BCUT2D eigenvalue weighted by Crippen LogP contribution is -2.48. The van der Waals surface area contributed by atoms with Gasteiger partial charge in [-0.1, -0.05) is 6.07 Å². The first kappa shape index (κ1) is 16.6. The number of aryl methyl sites for hydroxylation is 1. The van der Waals surface area contributed by atoms with Crippen molar-refractivity contribution in [3.8, 4) is 11.1 Å². The summed E-state index contributed by atoms with van der Waals surface area (Å²) in [4.78, 5) is 14.9. The second kappa shape index (κ2) is 6.33. The van der Waals surface area contributed by atoms with E-state index in [0.29, 0.717) is 26.2 Å². The zero-order chi connectivity index (χ0) is 17.3. The summed E-state index contributed by atoms with van der Waals surface area (Å²) in [5.74, 6) is 0.932. The molecule has 1 aliphatic heterocycles. The first-order valence-electron chi connectivity index (χ1n) is 7.61. The molecule has 1 aliphatic rings. The molecule has 0 unspecified atom stereocenters. The molecule has 0 spiro atoms. The highest BCUT2D eigenvalue weighted by Gasteiger charge is 2.26. The van der Waals surface area contributed by atoms with Crippen LogP contribution in [0.25, 0.3) is 11.1 Å². The quantitative estimate of drug-likeness (QED) is 0.861. The van der Waals surface area contributed by atoms with Crippen molar-refractivity contribution in [3.05, 3.63) is 30.2 Å². The normalized spacial score (nSPS) is 16.3. The van der Waals surface area contributed by atoms with Crippen LogP contribution >= 0.6 is 0 Å². The Bertz CT molecular complexity index is 833. The molecule has 0 saturated carbocycles. The second-order valence-electron chi connectivity index (χ2n) is 5.76. The molecule has 24 heavy (non-hydrogen) atoms. The Morgan fingerprint density at radius 3 is 2.46 bits per heavy atom. The summed E-state index contributed by atoms with van der Waals surface area (Å²) in [6, 6.07) is 3.81. The molecule has 8 nitrogen and oxygen atoms in total. The summed E-state index contributed by atoms with van der Waals surface area (Å²) in [5.41, 5.74) is 8.41. The molecule has 3 rings (SSSR count). The maximum atomic E-state index is 11.7. The van der Waals surface area contributed by atoms with E-state index in [2.05, 4.69) is 19.9 Å². The smallest absolute Gasteiger partial charge is 0.222 e. The molecule has 0 atom stereocenters. The van der Waals surface area contributed by atoms with E-state index in [1.54, 1.807) is 12.4 Å². The van der Waals surface area contributed by atoms with Gasteiger partial charge in [-0.25, -0.2) is 13.4 Å². The number of pyridine rings is 1. The summed E-state index contributed by atoms with van der Waals surface area (Å²) in [5, 5.41) is 0. The van der Waals surface area contributed by atoms with Crippen LogP contribution in [0, 0.1) is 6.92 Å². The van der Waals surface area contributed by atoms with Crippen molar-refractivity contribution >= 4 is 21.8 Å². The van der Waals surface area contributed by atoms with Crippen molar-refractivity contribution in [1.82, 2.24) is 19.3 Å². The predicted molar refractivity (Wildman–Crippen MR) is 93.0 cm³/mol. The minimum Gasteiger partial charge on any atom is -0.368 e. The van der Waals surface area contributed by atoms with Crippen LogP contribution in [0.3, 0.4) is 0 Å². The molecular formula is C15H20N6O2S. The Morgan fingerprint density at radius 1 is 1.17 bits per heavy atom. The van der Waals surface area contributed by atoms with Gasteiger partial charge in [-0.2, -0.15) is 9.29 Å². The second-order valence-corrected chi connectivity index (χ2v) is 7.74. The van der Waals surface area contributed by atoms with Gasteiger partial charge in [-0.15, -0.1) is 0 Å². The molecule has 0 aliphatic carbocycles. The maximum Gasteiger partial charge on any atom is 0.222 e. The van der Waals surface area contributed by atoms with Gasteiger partial charge in [0.05, 0.1) is 11.9 Å². The van der Waals surface area contributed by atoms with Gasteiger partial charge in [-0.3, -0.25) is 4.98 Å². The van der Waals surface area contributed by atoms with Crippen LogP contribution in [0.2, 0.25) is 0 Å². The zero-order valence-electron chi connectivity index (χ0n) is 13.7. The van der Waals surface area contributed by atoms with Crippen LogP contribution in [0.1, 0.15) is 5.69 Å². The van der Waals surface area contributed by atoms with Crippen LogP contribution in [-0.2, 0) is 10.0 Å². The summed E-state index contributed by atoms with van der Waals surface area (Å²) < 4.78 is 24.8. The third-order valence-electron chi connectivity index (χ3n) is 4.05. The Morgan fingerprint density at radius 2 is 1.88 bits per heavy atom. The number of hydrogen-bond donors (Lipinski definition) is 1. The Hall–Kier alpha value is -2.26. The van der Waals surface area contributed by atoms with Crippen LogP contribution in [-0.4, -0.2) is 60.1 Å². The summed E-state index contributed by atoms with van der Waals surface area (Å²) >= 11 is 0. The molecule has 0 aromatic carbocycles. The third-order valence-corrected chi connectivity index (χ3v) is 5.35. The molecule has 1 fully saturated rings. The predicted octanol–water partition coefficient (Wildman–Crippen LogP) is 0.511. The maximum absolute atomic E-state index is 11.7. The van der Waals surface area contributed by atoms with Crippen molar-refractivity contribution < 1.29 is 8.42 Å². The molecule has 0 radical (unpaired) electrons. The van der Waals surface area contributed by atoms with Crippen LogP contribution < -0.4 is 10.6 Å². The first-order valence-corrected chi connectivity index (χ1v) is 9.45. The largest absolute Gasteiger partial charge is 0.368 e. The van der Waals surface area contributed by atoms with E-state index in [-0.39, 0.29) is 5.95 Å². The summed E-state index contributed by atoms with van der Waals surface area (Å²) in [6.45, 7) is 3.84. The van der Waals surface area contributed by atoms with Crippen molar-refractivity contribution in [2.45, 2.75) is 6.92 Å². The van der Waals surface area contributed by atoms with Gasteiger partial charge in [0.2, 0.25) is 16.0 Å². The van der Waals surface area contributed by atoms with Gasteiger partial charge in [0, 0.05) is 49.7 Å². The van der Waals surface area contributed by atoms with Crippen molar-refractivity contribution in [3.63, 3.8) is 0 Å². The van der Waals surface area contributed by atoms with E-state index in [0.717, 1.165) is 22.6 Å². The van der Waals surface area contributed by atoms with Gasteiger partial charge in [0.25, 0.3) is 0 Å². The fourth-order valence-corrected chi connectivity index (χ4v) is 3.71.